The lowest BCUT2D eigenvalue weighted by Crippen LogP contribution is -2.58. The van der Waals surface area contributed by atoms with Crippen LogP contribution in [0.4, 0.5) is 36.8 Å². The van der Waals surface area contributed by atoms with Crippen molar-refractivity contribution >= 4 is 34.6 Å². The molecule has 1 fully saturated rings. The lowest BCUT2D eigenvalue weighted by molar-refractivity contribution is -0.150. The first-order valence-electron chi connectivity index (χ1n) is 11.3. The van der Waals surface area contributed by atoms with Crippen molar-refractivity contribution in [2.24, 2.45) is 13.0 Å². The fourth-order valence-electron chi connectivity index (χ4n) is 4.54. The van der Waals surface area contributed by atoms with Gasteiger partial charge in [0.05, 0.1) is 23.1 Å². The van der Waals surface area contributed by atoms with Gasteiger partial charge in [-0.05, 0) is 42.3 Å². The summed E-state index contributed by atoms with van der Waals surface area (Å²) < 4.78 is 81.0. The van der Waals surface area contributed by atoms with Gasteiger partial charge in [-0.3, -0.25) is 28.5 Å². The van der Waals surface area contributed by atoms with Gasteiger partial charge in [0.25, 0.3) is 0 Å². The van der Waals surface area contributed by atoms with Crippen LogP contribution in [0.1, 0.15) is 16.7 Å². The van der Waals surface area contributed by atoms with E-state index in [9.17, 15) is 50.6 Å². The van der Waals surface area contributed by atoms with E-state index in [-0.39, 0.29) is 27.8 Å². The molecule has 1 saturated heterocycles. The van der Waals surface area contributed by atoms with Crippen LogP contribution in [0.25, 0.3) is 11.0 Å². The molecule has 3 aromatic rings. The summed E-state index contributed by atoms with van der Waals surface area (Å²) in [5.74, 6) is -4.58. The number of hydrogen-bond acceptors (Lipinski definition) is 4. The Balaban J connectivity index is 1.79. The van der Waals surface area contributed by atoms with Crippen LogP contribution in [0.3, 0.4) is 0 Å². The van der Waals surface area contributed by atoms with E-state index in [4.69, 9.17) is 0 Å². The number of amides is 3. The molecule has 4 rings (SSSR count). The zero-order chi connectivity index (χ0) is 29.0. The molecule has 1 aliphatic rings. The number of imide groups is 1. The quantitative estimate of drug-likeness (QED) is 0.378. The minimum absolute atomic E-state index is 0.0601. The van der Waals surface area contributed by atoms with Crippen molar-refractivity contribution in [1.29, 1.82) is 0 Å². The maximum atomic E-state index is 13.4. The zero-order valence-corrected chi connectivity index (χ0v) is 20.3. The van der Waals surface area contributed by atoms with E-state index in [2.05, 4.69) is 0 Å². The van der Waals surface area contributed by atoms with Gasteiger partial charge in [-0.25, -0.2) is 9.59 Å². The molecule has 208 valence electrons. The number of rotatable bonds is 5. The Hall–Kier alpha value is -4.30. The Morgan fingerprint density at radius 2 is 1.69 bits per heavy atom. The predicted molar refractivity (Wildman–Crippen MR) is 124 cm³/mol. The molecule has 3 amide bonds. The monoisotopic (exact) mass is 558 g/mol. The number of hydrogen-bond donors (Lipinski definition) is 1. The van der Waals surface area contributed by atoms with Crippen LogP contribution in [-0.4, -0.2) is 49.8 Å². The van der Waals surface area contributed by atoms with E-state index in [1.165, 1.54) is 25.2 Å². The molecule has 2 heterocycles. The Morgan fingerprint density at radius 1 is 1.03 bits per heavy atom. The Kier molecular flexibility index (Phi) is 6.73. The number of urea groups is 1. The van der Waals surface area contributed by atoms with Gasteiger partial charge in [0.1, 0.15) is 6.54 Å². The highest BCUT2D eigenvalue weighted by Crippen LogP contribution is 2.34. The van der Waals surface area contributed by atoms with Crippen molar-refractivity contribution in [1.82, 2.24) is 14.0 Å². The summed E-state index contributed by atoms with van der Waals surface area (Å²) in [6.45, 7) is -1.85. The van der Waals surface area contributed by atoms with Gasteiger partial charge in [0.2, 0.25) is 5.91 Å². The number of nitrogens with zero attached hydrogens (tertiary/aromatic N) is 4. The van der Waals surface area contributed by atoms with Crippen LogP contribution >= 0.6 is 0 Å². The third-order valence-corrected chi connectivity index (χ3v) is 6.55. The first-order chi connectivity index (χ1) is 18.0. The molecule has 0 bridgehead atoms. The smallest absolute Gasteiger partial charge is 0.416 e. The topological polar surface area (TPSA) is 105 Å². The molecule has 2 aromatic carbocycles. The molecule has 9 nitrogen and oxygen atoms in total. The van der Waals surface area contributed by atoms with Crippen molar-refractivity contribution in [3.05, 3.63) is 63.6 Å². The molecule has 1 N–H and O–H groups in total. The second-order valence-electron chi connectivity index (χ2n) is 9.01. The molecule has 1 aromatic heterocycles. The lowest BCUT2D eigenvalue weighted by atomic mass is 9.99. The van der Waals surface area contributed by atoms with Crippen molar-refractivity contribution in [3.63, 3.8) is 0 Å². The maximum Gasteiger partial charge on any atom is 0.416 e. The second kappa shape index (κ2) is 9.47. The van der Waals surface area contributed by atoms with Gasteiger partial charge >= 0.3 is 30.0 Å². The van der Waals surface area contributed by atoms with Crippen molar-refractivity contribution < 1.29 is 45.8 Å². The predicted octanol–water partition coefficient (Wildman–Crippen LogP) is 3.90. The summed E-state index contributed by atoms with van der Waals surface area (Å²) in [5, 5.41) is 9.62. The van der Waals surface area contributed by atoms with E-state index >= 15 is 0 Å². The van der Waals surface area contributed by atoms with Crippen molar-refractivity contribution in [3.8, 4) is 0 Å². The van der Waals surface area contributed by atoms with Crippen LogP contribution in [0.2, 0.25) is 0 Å². The summed E-state index contributed by atoms with van der Waals surface area (Å²) in [5.41, 5.74) is -2.52. The molecule has 1 atom stereocenters. The first-order valence-corrected chi connectivity index (χ1v) is 11.3. The fraction of sp³-hybridized carbons (Fsp3) is 0.333. The molecule has 39 heavy (non-hydrogen) atoms. The number of carbonyl (C=O) groups is 3. The average molecular weight is 558 g/mol. The standard InChI is InChI=1S/C24H20F6N4O5/c1-12-13(4-3-5-16(12)24(28,29)30)9-33-19(35)15(20(36)37)10-32(22(33)39)14-6-7-17-18(8-14)34(11-23(25,26)27)21(38)31(17)2/h3-8,15H,9-11H2,1-2H3,(H,36,37). The number of halogens is 6. The number of imidazole rings is 1. The summed E-state index contributed by atoms with van der Waals surface area (Å²) in [7, 11) is 1.25. The number of aromatic nitrogens is 2. The summed E-state index contributed by atoms with van der Waals surface area (Å²) in [4.78, 5) is 51.9. The molecule has 0 saturated carbocycles. The molecular formula is C24H20F6N4O5. The number of carboxylic acids is 1. The Bertz CT molecular complexity index is 1560. The van der Waals surface area contributed by atoms with E-state index in [0.29, 0.717) is 9.47 Å². The van der Waals surface area contributed by atoms with Crippen LogP contribution in [-0.2, 0) is 35.9 Å². The highest BCUT2D eigenvalue weighted by atomic mass is 19.4. The Morgan fingerprint density at radius 3 is 2.28 bits per heavy atom. The average Bonchev–Trinajstić information content (AvgIpc) is 3.05. The van der Waals surface area contributed by atoms with Crippen molar-refractivity contribution in [2.75, 3.05) is 11.4 Å². The third kappa shape index (κ3) is 5.07. The van der Waals surface area contributed by atoms with Gasteiger partial charge < -0.3 is 5.11 Å². The lowest BCUT2D eigenvalue weighted by Gasteiger charge is -2.37. The third-order valence-electron chi connectivity index (χ3n) is 6.55. The van der Waals surface area contributed by atoms with E-state index < -0.39 is 67.1 Å². The molecule has 1 aliphatic heterocycles. The minimum atomic E-state index is -4.75. The minimum Gasteiger partial charge on any atom is -0.481 e. The van der Waals surface area contributed by atoms with Crippen LogP contribution in [0.15, 0.2) is 41.2 Å². The Labute approximate surface area is 215 Å². The number of aliphatic carboxylic acids is 1. The molecule has 1 unspecified atom stereocenters. The number of alkyl halides is 6. The molecule has 0 aliphatic carbocycles. The number of benzene rings is 2. The number of carboxylic acid groups (broad SMARTS) is 1. The maximum absolute atomic E-state index is 13.4. The van der Waals surface area contributed by atoms with Gasteiger partial charge in [-0.1, -0.05) is 12.1 Å². The molecule has 0 spiro atoms. The highest BCUT2D eigenvalue weighted by Gasteiger charge is 2.44. The van der Waals surface area contributed by atoms with Crippen LogP contribution in [0, 0.1) is 12.8 Å². The number of fused-ring (bicyclic) bond motifs is 1. The van der Waals surface area contributed by atoms with Crippen LogP contribution < -0.4 is 10.6 Å². The first kappa shape index (κ1) is 27.7. The summed E-state index contributed by atoms with van der Waals surface area (Å²) in [6.07, 6.45) is -9.47. The molecule has 0 radical (unpaired) electrons. The summed E-state index contributed by atoms with van der Waals surface area (Å²) in [6, 6.07) is 5.68. The fourth-order valence-corrected chi connectivity index (χ4v) is 4.54. The zero-order valence-electron chi connectivity index (χ0n) is 20.3. The van der Waals surface area contributed by atoms with Gasteiger partial charge in [0, 0.05) is 19.3 Å². The SMILES string of the molecule is Cc1c(CN2C(=O)C(C(=O)O)CN(c3ccc4c(c3)n(CC(F)(F)F)c(=O)n4C)C2=O)cccc1C(F)(F)F. The van der Waals surface area contributed by atoms with Crippen LogP contribution in [0.5, 0.6) is 0 Å². The number of carbonyl (C=O) groups excluding carboxylic acids is 2. The van der Waals surface area contributed by atoms with Gasteiger partial charge in [-0.2, -0.15) is 26.3 Å². The van der Waals surface area contributed by atoms with E-state index in [1.807, 2.05) is 0 Å². The van der Waals surface area contributed by atoms with Gasteiger partial charge in [0.15, 0.2) is 5.92 Å². The van der Waals surface area contributed by atoms with E-state index in [1.54, 1.807) is 0 Å². The molecule has 15 heteroatoms. The number of anilines is 1. The van der Waals surface area contributed by atoms with Crippen molar-refractivity contribution in [2.45, 2.75) is 32.4 Å². The summed E-state index contributed by atoms with van der Waals surface area (Å²) >= 11 is 0. The van der Waals surface area contributed by atoms with Gasteiger partial charge in [-0.15, -0.1) is 0 Å². The number of aryl methyl sites for hydroxylation is 1. The largest absolute Gasteiger partial charge is 0.481 e. The normalized spacial score (nSPS) is 16.9. The second-order valence-corrected chi connectivity index (χ2v) is 9.01. The van der Waals surface area contributed by atoms with E-state index in [0.717, 1.165) is 34.6 Å². The molecular weight excluding hydrogens is 538 g/mol. The highest BCUT2D eigenvalue weighted by molar-refractivity contribution is 6.12.